The third-order valence-electron chi connectivity index (χ3n) is 3.37. The third kappa shape index (κ3) is 3.27. The van der Waals surface area contributed by atoms with Gasteiger partial charge in [-0.25, -0.2) is 8.78 Å². The number of hydrogen-bond acceptors (Lipinski definition) is 4. The molecule has 0 spiro atoms. The Balaban J connectivity index is 1.77. The summed E-state index contributed by atoms with van der Waals surface area (Å²) in [5.41, 5.74) is 0.516. The fraction of sp³-hybridized carbons (Fsp3) is 0.125. The molecule has 0 saturated heterocycles. The topological polar surface area (TPSA) is 72.7 Å². The lowest BCUT2D eigenvalue weighted by atomic mass is 10.2. The average molecular weight is 329 g/mol. The molecule has 1 atom stereocenters. The number of benzene rings is 2. The molecule has 0 bridgehead atoms. The molecule has 1 N–H and O–H groups in total. The van der Waals surface area contributed by atoms with Crippen molar-refractivity contribution in [3.8, 4) is 11.4 Å². The van der Waals surface area contributed by atoms with Crippen molar-refractivity contribution in [1.82, 2.24) is 20.2 Å². The summed E-state index contributed by atoms with van der Waals surface area (Å²) >= 11 is 0. The van der Waals surface area contributed by atoms with Gasteiger partial charge in [0.1, 0.15) is 17.7 Å². The summed E-state index contributed by atoms with van der Waals surface area (Å²) in [5.74, 6) is -1.26. The number of amides is 1. The molecule has 0 radical (unpaired) electrons. The van der Waals surface area contributed by atoms with E-state index in [1.807, 2.05) is 0 Å². The number of carbonyl (C=O) groups is 1. The number of hydrogen-bond donors (Lipinski definition) is 1. The highest BCUT2D eigenvalue weighted by molar-refractivity contribution is 5.93. The zero-order valence-electron chi connectivity index (χ0n) is 12.6. The van der Waals surface area contributed by atoms with Crippen LogP contribution in [0.1, 0.15) is 13.0 Å². The van der Waals surface area contributed by atoms with Gasteiger partial charge in [-0.05, 0) is 36.4 Å². The first-order valence-electron chi connectivity index (χ1n) is 7.15. The van der Waals surface area contributed by atoms with Crippen molar-refractivity contribution in [2.45, 2.75) is 13.0 Å². The van der Waals surface area contributed by atoms with Crippen LogP contribution in [0.15, 0.2) is 48.5 Å². The van der Waals surface area contributed by atoms with E-state index in [0.29, 0.717) is 5.56 Å². The number of nitrogens with one attached hydrogen (secondary N) is 1. The predicted octanol–water partition coefficient (Wildman–Crippen LogP) is 2.82. The van der Waals surface area contributed by atoms with E-state index in [1.54, 1.807) is 19.1 Å². The van der Waals surface area contributed by atoms with Crippen molar-refractivity contribution in [3.05, 3.63) is 60.2 Å². The Kier molecular flexibility index (Phi) is 4.28. The molecule has 0 fully saturated rings. The lowest BCUT2D eigenvalue weighted by molar-refractivity contribution is -0.119. The second kappa shape index (κ2) is 6.53. The van der Waals surface area contributed by atoms with Crippen molar-refractivity contribution in [2.75, 3.05) is 5.32 Å². The molecule has 1 amide bonds. The quantitative estimate of drug-likeness (QED) is 0.799. The highest BCUT2D eigenvalue weighted by Crippen LogP contribution is 2.17. The summed E-state index contributed by atoms with van der Waals surface area (Å²) in [7, 11) is 0. The fourth-order valence-corrected chi connectivity index (χ4v) is 2.04. The molecule has 0 unspecified atom stereocenters. The van der Waals surface area contributed by atoms with E-state index in [4.69, 9.17) is 0 Å². The first kappa shape index (κ1) is 15.7. The van der Waals surface area contributed by atoms with Gasteiger partial charge in [0, 0.05) is 5.56 Å². The van der Waals surface area contributed by atoms with E-state index in [2.05, 4.69) is 20.7 Å². The van der Waals surface area contributed by atoms with Gasteiger partial charge in [-0.3, -0.25) is 4.79 Å². The number of tetrazole rings is 1. The van der Waals surface area contributed by atoms with Crippen molar-refractivity contribution in [1.29, 1.82) is 0 Å². The maximum atomic E-state index is 13.6. The Morgan fingerprint density at radius 2 is 1.96 bits per heavy atom. The number of carbonyl (C=O) groups excluding carboxylic acids is 1. The molecule has 3 rings (SSSR count). The van der Waals surface area contributed by atoms with E-state index in [1.165, 1.54) is 36.4 Å². The molecule has 2 aromatic carbocycles. The van der Waals surface area contributed by atoms with E-state index in [0.717, 1.165) is 4.80 Å². The van der Waals surface area contributed by atoms with Gasteiger partial charge in [0.05, 0.1) is 5.69 Å². The summed E-state index contributed by atoms with van der Waals surface area (Å²) in [4.78, 5) is 13.3. The zero-order chi connectivity index (χ0) is 17.1. The molecule has 122 valence electrons. The number of halogens is 2. The molecule has 0 aliphatic heterocycles. The maximum Gasteiger partial charge on any atom is 0.250 e. The fourth-order valence-electron chi connectivity index (χ4n) is 2.04. The monoisotopic (exact) mass is 329 g/mol. The van der Waals surface area contributed by atoms with Crippen molar-refractivity contribution >= 4 is 11.6 Å². The van der Waals surface area contributed by atoms with Crippen molar-refractivity contribution in [3.63, 3.8) is 0 Å². The van der Waals surface area contributed by atoms with Crippen LogP contribution >= 0.6 is 0 Å². The van der Waals surface area contributed by atoms with Crippen LogP contribution in [0, 0.1) is 11.6 Å². The highest BCUT2D eigenvalue weighted by atomic mass is 19.1. The first-order chi connectivity index (χ1) is 11.5. The third-order valence-corrected chi connectivity index (χ3v) is 3.37. The molecule has 0 aliphatic rings. The number of rotatable bonds is 4. The van der Waals surface area contributed by atoms with Gasteiger partial charge < -0.3 is 5.32 Å². The van der Waals surface area contributed by atoms with Crippen LogP contribution in [0.25, 0.3) is 11.4 Å². The summed E-state index contributed by atoms with van der Waals surface area (Å²) < 4.78 is 26.8. The Morgan fingerprint density at radius 3 is 2.71 bits per heavy atom. The lowest BCUT2D eigenvalue weighted by Gasteiger charge is -2.11. The molecule has 0 saturated carbocycles. The van der Waals surface area contributed by atoms with Crippen molar-refractivity contribution in [2.24, 2.45) is 0 Å². The minimum Gasteiger partial charge on any atom is -0.322 e. The standard InChI is InChI=1S/C16H13F2N5O/c1-10(16(24)19-14-8-3-2-7-13(14)18)23-21-15(20-22-23)11-5-4-6-12(17)9-11/h2-10H,1H3,(H,19,24)/t10-/m1/s1. The van der Waals surface area contributed by atoms with E-state index in [-0.39, 0.29) is 11.5 Å². The molecule has 24 heavy (non-hydrogen) atoms. The SMILES string of the molecule is C[C@H](C(=O)Nc1ccccc1F)n1nnc(-c2cccc(F)c2)n1. The largest absolute Gasteiger partial charge is 0.322 e. The Morgan fingerprint density at radius 1 is 1.17 bits per heavy atom. The molecule has 8 heteroatoms. The number of para-hydroxylation sites is 1. The number of anilines is 1. The van der Waals surface area contributed by atoms with Crippen LogP contribution in [0.5, 0.6) is 0 Å². The number of nitrogens with zero attached hydrogens (tertiary/aromatic N) is 4. The van der Waals surface area contributed by atoms with Gasteiger partial charge in [-0.15, -0.1) is 10.2 Å². The van der Waals surface area contributed by atoms with Crippen molar-refractivity contribution < 1.29 is 13.6 Å². The molecule has 0 aliphatic carbocycles. The Hall–Kier alpha value is -3.16. The highest BCUT2D eigenvalue weighted by Gasteiger charge is 2.20. The molecular weight excluding hydrogens is 316 g/mol. The van der Waals surface area contributed by atoms with Crippen LogP contribution < -0.4 is 5.32 Å². The average Bonchev–Trinajstić information content (AvgIpc) is 3.06. The molecule has 6 nitrogen and oxygen atoms in total. The summed E-state index contributed by atoms with van der Waals surface area (Å²) in [6.07, 6.45) is 0. The van der Waals surface area contributed by atoms with Gasteiger partial charge in [-0.1, -0.05) is 24.3 Å². The van der Waals surface area contributed by atoms with E-state index < -0.39 is 23.6 Å². The molecular formula is C16H13F2N5O. The van der Waals surface area contributed by atoms with Gasteiger partial charge in [0.15, 0.2) is 0 Å². The van der Waals surface area contributed by atoms with Crippen LogP contribution in [-0.2, 0) is 4.79 Å². The van der Waals surface area contributed by atoms with Crippen LogP contribution in [0.2, 0.25) is 0 Å². The van der Waals surface area contributed by atoms with Gasteiger partial charge in [0.2, 0.25) is 5.82 Å². The van der Waals surface area contributed by atoms with E-state index >= 15 is 0 Å². The Labute approximate surface area is 136 Å². The van der Waals surface area contributed by atoms with Crippen LogP contribution in [0.3, 0.4) is 0 Å². The van der Waals surface area contributed by atoms with Gasteiger partial charge in [0.25, 0.3) is 5.91 Å². The lowest BCUT2D eigenvalue weighted by Crippen LogP contribution is -2.25. The van der Waals surface area contributed by atoms with Crippen LogP contribution in [-0.4, -0.2) is 26.1 Å². The summed E-state index contributed by atoms with van der Waals surface area (Å²) in [6.45, 7) is 1.55. The molecule has 1 heterocycles. The van der Waals surface area contributed by atoms with Gasteiger partial charge >= 0.3 is 0 Å². The predicted molar refractivity (Wildman–Crippen MR) is 83.0 cm³/mol. The summed E-state index contributed by atoms with van der Waals surface area (Å²) in [6, 6.07) is 10.7. The summed E-state index contributed by atoms with van der Waals surface area (Å²) in [5, 5.41) is 14.2. The Bertz CT molecular complexity index is 880. The second-order valence-electron chi connectivity index (χ2n) is 5.09. The second-order valence-corrected chi connectivity index (χ2v) is 5.09. The maximum absolute atomic E-state index is 13.6. The van der Waals surface area contributed by atoms with Crippen LogP contribution in [0.4, 0.5) is 14.5 Å². The zero-order valence-corrected chi connectivity index (χ0v) is 12.6. The molecule has 3 aromatic rings. The first-order valence-corrected chi connectivity index (χ1v) is 7.15. The number of aromatic nitrogens is 4. The van der Waals surface area contributed by atoms with E-state index in [9.17, 15) is 13.6 Å². The molecule has 1 aromatic heterocycles. The minimum atomic E-state index is -0.820. The van der Waals surface area contributed by atoms with Gasteiger partial charge in [-0.2, -0.15) is 4.80 Å². The minimum absolute atomic E-state index is 0.0693. The smallest absolute Gasteiger partial charge is 0.250 e. The normalized spacial score (nSPS) is 12.0.